The van der Waals surface area contributed by atoms with Gasteiger partial charge < -0.3 is 14.2 Å². The zero-order valence-corrected chi connectivity index (χ0v) is 23.8. The number of amides is 4. The summed E-state index contributed by atoms with van der Waals surface area (Å²) >= 11 is 6.52. The molecule has 0 radical (unpaired) electrons. The number of barbiturate groups is 1. The first-order chi connectivity index (χ1) is 20.8. The van der Waals surface area contributed by atoms with Crippen molar-refractivity contribution in [2.45, 2.75) is 20.1 Å². The molecule has 218 valence electrons. The van der Waals surface area contributed by atoms with Gasteiger partial charge in [0.25, 0.3) is 11.8 Å². The van der Waals surface area contributed by atoms with Gasteiger partial charge in [-0.05, 0) is 78.2 Å². The number of carbonyl (C=O) groups excluding carboxylic acids is 3. The molecule has 8 nitrogen and oxygen atoms in total. The van der Waals surface area contributed by atoms with Crippen LogP contribution in [0, 0.1) is 5.82 Å². The highest BCUT2D eigenvalue weighted by Gasteiger charge is 2.37. The van der Waals surface area contributed by atoms with Gasteiger partial charge in [0.15, 0.2) is 11.5 Å². The molecule has 0 aromatic heterocycles. The maximum atomic E-state index is 13.4. The average Bonchev–Trinajstić information content (AvgIpc) is 3.00. The van der Waals surface area contributed by atoms with Crippen molar-refractivity contribution in [1.29, 1.82) is 0 Å². The lowest BCUT2D eigenvalue weighted by molar-refractivity contribution is -0.122. The van der Waals surface area contributed by atoms with Gasteiger partial charge in [0, 0.05) is 0 Å². The fourth-order valence-corrected chi connectivity index (χ4v) is 4.58. The molecule has 1 aliphatic heterocycles. The third-order valence-corrected chi connectivity index (χ3v) is 6.66. The van der Waals surface area contributed by atoms with E-state index in [-0.39, 0.29) is 46.8 Å². The summed E-state index contributed by atoms with van der Waals surface area (Å²) in [4.78, 5) is 39.7. The Hall–Kier alpha value is -5.15. The summed E-state index contributed by atoms with van der Waals surface area (Å²) in [6, 6.07) is 24.1. The molecular formula is C33H26ClFN2O6. The van der Waals surface area contributed by atoms with Crippen molar-refractivity contribution >= 4 is 41.2 Å². The summed E-state index contributed by atoms with van der Waals surface area (Å²) in [5.74, 6) is -0.936. The van der Waals surface area contributed by atoms with Crippen molar-refractivity contribution in [2.24, 2.45) is 0 Å². The van der Waals surface area contributed by atoms with Crippen LogP contribution in [0.5, 0.6) is 17.2 Å². The van der Waals surface area contributed by atoms with Crippen LogP contribution in [0.1, 0.15) is 23.6 Å². The van der Waals surface area contributed by atoms with Crippen LogP contribution in [-0.2, 0) is 22.8 Å². The molecule has 1 saturated heterocycles. The molecule has 0 aliphatic carbocycles. The predicted octanol–water partition coefficient (Wildman–Crippen LogP) is 6.70. The molecule has 4 aromatic carbocycles. The number of halogens is 2. The molecule has 1 fully saturated rings. The fraction of sp³-hybridized carbons (Fsp3) is 0.121. The lowest BCUT2D eigenvalue weighted by Gasteiger charge is -2.26. The second-order valence-corrected chi connectivity index (χ2v) is 9.81. The van der Waals surface area contributed by atoms with Crippen LogP contribution in [0.15, 0.2) is 96.6 Å². The Kier molecular flexibility index (Phi) is 9.02. The van der Waals surface area contributed by atoms with Gasteiger partial charge in [-0.2, -0.15) is 0 Å². The van der Waals surface area contributed by atoms with Gasteiger partial charge in [0.2, 0.25) is 0 Å². The third-order valence-electron chi connectivity index (χ3n) is 6.38. The summed E-state index contributed by atoms with van der Waals surface area (Å²) in [6.07, 6.45) is 1.33. The second kappa shape index (κ2) is 13.2. The van der Waals surface area contributed by atoms with E-state index in [0.717, 1.165) is 16.0 Å². The molecule has 1 heterocycles. The van der Waals surface area contributed by atoms with Crippen LogP contribution in [0.4, 0.5) is 14.9 Å². The molecule has 0 saturated carbocycles. The number of ether oxygens (including phenoxy) is 3. The normalized spacial score (nSPS) is 14.1. The van der Waals surface area contributed by atoms with Crippen LogP contribution in [-0.4, -0.2) is 24.5 Å². The molecule has 4 aromatic rings. The Morgan fingerprint density at radius 1 is 0.837 bits per heavy atom. The highest BCUT2D eigenvalue weighted by atomic mass is 35.5. The first-order valence-electron chi connectivity index (χ1n) is 13.3. The second-order valence-electron chi connectivity index (χ2n) is 9.40. The minimum Gasteiger partial charge on any atom is -0.490 e. The van der Waals surface area contributed by atoms with Crippen LogP contribution >= 0.6 is 11.6 Å². The summed E-state index contributed by atoms with van der Waals surface area (Å²) < 4.78 is 30.6. The molecule has 10 heteroatoms. The molecule has 4 amide bonds. The highest BCUT2D eigenvalue weighted by molar-refractivity contribution is 6.39. The quantitative estimate of drug-likeness (QED) is 0.161. The van der Waals surface area contributed by atoms with Gasteiger partial charge in [-0.25, -0.2) is 14.1 Å². The number of hydrogen-bond acceptors (Lipinski definition) is 6. The number of nitrogens with one attached hydrogen (secondary N) is 1. The molecule has 1 N–H and O–H groups in total. The maximum absolute atomic E-state index is 13.4. The molecule has 0 spiro atoms. The summed E-state index contributed by atoms with van der Waals surface area (Å²) in [7, 11) is 0. The molecular weight excluding hydrogens is 575 g/mol. The van der Waals surface area contributed by atoms with E-state index in [1.165, 1.54) is 24.3 Å². The van der Waals surface area contributed by atoms with Crippen LogP contribution in [0.2, 0.25) is 5.02 Å². The standard InChI is InChI=1S/C33H26ClFN2O6/c1-2-41-29-18-23(17-28(34)30(29)43-20-22-8-10-24(35)11-9-22)16-27-31(38)36-33(40)37(32(27)39)25-12-14-26(15-13-25)42-19-21-6-4-3-5-7-21/h3-18H,2,19-20H2,1H3,(H,36,38,40)/b27-16+. The number of rotatable bonds is 10. The zero-order valence-electron chi connectivity index (χ0n) is 23.0. The van der Waals surface area contributed by atoms with E-state index in [2.05, 4.69) is 5.32 Å². The van der Waals surface area contributed by atoms with Crippen LogP contribution in [0.3, 0.4) is 0 Å². The highest BCUT2D eigenvalue weighted by Crippen LogP contribution is 2.38. The van der Waals surface area contributed by atoms with Crippen molar-refractivity contribution < 1.29 is 33.0 Å². The number of imide groups is 2. The van der Waals surface area contributed by atoms with Gasteiger partial charge in [0.1, 0.15) is 30.4 Å². The number of anilines is 1. The van der Waals surface area contributed by atoms with E-state index in [0.29, 0.717) is 17.9 Å². The molecule has 0 atom stereocenters. The Balaban J connectivity index is 1.36. The molecule has 0 bridgehead atoms. The van der Waals surface area contributed by atoms with Gasteiger partial charge in [-0.15, -0.1) is 0 Å². The van der Waals surface area contributed by atoms with Crippen LogP contribution < -0.4 is 24.4 Å². The lowest BCUT2D eigenvalue weighted by Crippen LogP contribution is -2.54. The van der Waals surface area contributed by atoms with E-state index in [9.17, 15) is 18.8 Å². The fourth-order valence-electron chi connectivity index (χ4n) is 4.30. The first kappa shape index (κ1) is 29.3. The molecule has 43 heavy (non-hydrogen) atoms. The topological polar surface area (TPSA) is 94.2 Å². The maximum Gasteiger partial charge on any atom is 0.335 e. The monoisotopic (exact) mass is 600 g/mol. The summed E-state index contributed by atoms with van der Waals surface area (Å²) in [6.45, 7) is 2.53. The minimum atomic E-state index is -0.873. The third kappa shape index (κ3) is 7.02. The van der Waals surface area contributed by atoms with Gasteiger partial charge in [-0.1, -0.05) is 54.1 Å². The number of nitrogens with zero attached hydrogens (tertiary/aromatic N) is 1. The van der Waals surface area contributed by atoms with E-state index in [1.54, 1.807) is 49.4 Å². The molecule has 5 rings (SSSR count). The number of hydrogen-bond donors (Lipinski definition) is 1. The van der Waals surface area contributed by atoms with Gasteiger partial charge in [-0.3, -0.25) is 14.9 Å². The van der Waals surface area contributed by atoms with E-state index in [1.807, 2.05) is 30.3 Å². The van der Waals surface area contributed by atoms with Crippen molar-refractivity contribution in [3.05, 3.63) is 124 Å². The summed E-state index contributed by atoms with van der Waals surface area (Å²) in [5, 5.41) is 2.38. The van der Waals surface area contributed by atoms with Crippen molar-refractivity contribution in [1.82, 2.24) is 5.32 Å². The summed E-state index contributed by atoms with van der Waals surface area (Å²) in [5.41, 5.74) is 2.06. The number of urea groups is 1. The van der Waals surface area contributed by atoms with Crippen molar-refractivity contribution in [3.8, 4) is 17.2 Å². The molecule has 1 aliphatic rings. The van der Waals surface area contributed by atoms with Gasteiger partial charge >= 0.3 is 6.03 Å². The van der Waals surface area contributed by atoms with Gasteiger partial charge in [0.05, 0.1) is 17.3 Å². The lowest BCUT2D eigenvalue weighted by atomic mass is 10.1. The van der Waals surface area contributed by atoms with Crippen LogP contribution in [0.25, 0.3) is 6.08 Å². The zero-order chi connectivity index (χ0) is 30.3. The minimum absolute atomic E-state index is 0.106. The Morgan fingerprint density at radius 2 is 1.51 bits per heavy atom. The molecule has 0 unspecified atom stereocenters. The number of benzene rings is 4. The predicted molar refractivity (Wildman–Crippen MR) is 160 cm³/mol. The SMILES string of the molecule is CCOc1cc(/C=C2\C(=O)NC(=O)N(c3ccc(OCc4ccccc4)cc3)C2=O)cc(Cl)c1OCc1ccc(F)cc1. The van der Waals surface area contributed by atoms with E-state index >= 15 is 0 Å². The van der Waals surface area contributed by atoms with Crippen molar-refractivity contribution in [3.63, 3.8) is 0 Å². The van der Waals surface area contributed by atoms with Crippen molar-refractivity contribution in [2.75, 3.05) is 11.5 Å². The van der Waals surface area contributed by atoms with E-state index in [4.69, 9.17) is 25.8 Å². The largest absolute Gasteiger partial charge is 0.490 e. The Morgan fingerprint density at radius 3 is 2.21 bits per heavy atom. The Bertz CT molecular complexity index is 1670. The first-order valence-corrected chi connectivity index (χ1v) is 13.7. The number of carbonyl (C=O) groups is 3. The Labute approximate surface area is 252 Å². The average molecular weight is 601 g/mol. The smallest absolute Gasteiger partial charge is 0.335 e. The van der Waals surface area contributed by atoms with E-state index < -0.39 is 17.8 Å².